The number of carboxylic acids is 1. The number of carbonyl (C=O) groups excluding carboxylic acids is 1. The lowest BCUT2D eigenvalue weighted by Crippen LogP contribution is -2.58. The first-order valence-corrected chi connectivity index (χ1v) is 8.56. The van der Waals surface area contributed by atoms with Gasteiger partial charge >= 0.3 is 5.97 Å². The number of carbonyl (C=O) groups is 2. The molecule has 0 radical (unpaired) electrons. The molecule has 2 atom stereocenters. The van der Waals surface area contributed by atoms with Crippen molar-refractivity contribution in [2.24, 2.45) is 5.41 Å². The van der Waals surface area contributed by atoms with Crippen LogP contribution >= 0.6 is 0 Å². The highest BCUT2D eigenvalue weighted by Gasteiger charge is 2.50. The molecule has 1 aliphatic rings. The topological polar surface area (TPSA) is 98.1 Å². The number of amides is 1. The van der Waals surface area contributed by atoms with Gasteiger partial charge in [0.2, 0.25) is 0 Å². The van der Waals surface area contributed by atoms with Crippen LogP contribution in [0.25, 0.3) is 0 Å². The van der Waals surface area contributed by atoms with Crippen molar-refractivity contribution < 1.29 is 29.3 Å². The number of carboxylic acid groups (broad SMARTS) is 1. The minimum absolute atomic E-state index is 0.0675. The Kier molecular flexibility index (Phi) is 5.14. The van der Waals surface area contributed by atoms with Gasteiger partial charge in [0.25, 0.3) is 5.91 Å². The molecule has 0 aliphatic carbocycles. The quantitative estimate of drug-likeness (QED) is 0.762. The number of aliphatic carboxylic acids is 1. The molecule has 0 spiro atoms. The van der Waals surface area contributed by atoms with Crippen LogP contribution in [-0.2, 0) is 11.2 Å². The van der Waals surface area contributed by atoms with E-state index < -0.39 is 29.2 Å². The van der Waals surface area contributed by atoms with E-state index in [2.05, 4.69) is 0 Å². The van der Waals surface area contributed by atoms with Gasteiger partial charge in [-0.25, -0.2) is 4.39 Å². The molecule has 3 N–H and O–H groups in total. The van der Waals surface area contributed by atoms with Gasteiger partial charge in [-0.15, -0.1) is 0 Å². The van der Waals surface area contributed by atoms with Crippen molar-refractivity contribution in [3.8, 4) is 5.75 Å². The number of phenols is 1. The van der Waals surface area contributed by atoms with Gasteiger partial charge in [0.15, 0.2) is 0 Å². The summed E-state index contributed by atoms with van der Waals surface area (Å²) in [6.45, 7) is -0.0255. The fourth-order valence-electron chi connectivity index (χ4n) is 3.54. The molecule has 1 aliphatic heterocycles. The zero-order chi connectivity index (χ0) is 19.6. The second-order valence-corrected chi connectivity index (χ2v) is 6.85. The van der Waals surface area contributed by atoms with Crippen molar-refractivity contribution in [1.29, 1.82) is 0 Å². The van der Waals surface area contributed by atoms with E-state index in [9.17, 15) is 29.3 Å². The first kappa shape index (κ1) is 18.8. The molecule has 6 nitrogen and oxygen atoms in total. The molecule has 7 heteroatoms. The third-order valence-corrected chi connectivity index (χ3v) is 5.00. The monoisotopic (exact) mass is 373 g/mol. The van der Waals surface area contributed by atoms with Crippen LogP contribution in [0.4, 0.5) is 4.39 Å². The van der Waals surface area contributed by atoms with Gasteiger partial charge in [-0.1, -0.05) is 18.2 Å². The van der Waals surface area contributed by atoms with E-state index in [0.717, 1.165) is 0 Å². The van der Waals surface area contributed by atoms with Crippen LogP contribution in [0.5, 0.6) is 5.75 Å². The number of aliphatic hydroxyl groups excluding tert-OH is 1. The van der Waals surface area contributed by atoms with Crippen LogP contribution < -0.4 is 0 Å². The average molecular weight is 373 g/mol. The van der Waals surface area contributed by atoms with Gasteiger partial charge in [0.1, 0.15) is 17.0 Å². The molecule has 0 saturated carbocycles. The zero-order valence-electron chi connectivity index (χ0n) is 14.5. The molecule has 142 valence electrons. The Morgan fingerprint density at radius 3 is 2.59 bits per heavy atom. The average Bonchev–Trinajstić information content (AvgIpc) is 2.63. The number of aliphatic hydroxyl groups is 1. The summed E-state index contributed by atoms with van der Waals surface area (Å²) in [5.41, 5.74) is -0.974. The van der Waals surface area contributed by atoms with E-state index in [-0.39, 0.29) is 37.2 Å². The van der Waals surface area contributed by atoms with Crippen LogP contribution in [0.1, 0.15) is 22.3 Å². The number of piperidine rings is 1. The molecule has 1 amide bonds. The van der Waals surface area contributed by atoms with E-state index in [0.29, 0.717) is 5.56 Å². The minimum atomic E-state index is -1.64. The third-order valence-electron chi connectivity index (χ3n) is 5.00. The molecule has 1 fully saturated rings. The summed E-state index contributed by atoms with van der Waals surface area (Å²) < 4.78 is 13.5. The predicted octanol–water partition coefficient (Wildman–Crippen LogP) is 2.05. The highest BCUT2D eigenvalue weighted by Crippen LogP contribution is 2.35. The van der Waals surface area contributed by atoms with Gasteiger partial charge in [-0.2, -0.15) is 0 Å². The van der Waals surface area contributed by atoms with Crippen molar-refractivity contribution in [2.75, 3.05) is 13.1 Å². The van der Waals surface area contributed by atoms with Crippen LogP contribution in [0.3, 0.4) is 0 Å². The fraction of sp³-hybridized carbons (Fsp3) is 0.300. The van der Waals surface area contributed by atoms with Gasteiger partial charge in [-0.05, 0) is 48.7 Å². The van der Waals surface area contributed by atoms with Gasteiger partial charge in [0, 0.05) is 18.7 Å². The summed E-state index contributed by atoms with van der Waals surface area (Å²) in [6.07, 6.45) is -1.19. The maximum Gasteiger partial charge on any atom is 0.314 e. The molecule has 2 aromatic rings. The van der Waals surface area contributed by atoms with E-state index in [1.54, 1.807) is 6.07 Å². The van der Waals surface area contributed by atoms with Crippen LogP contribution in [-0.4, -0.2) is 51.3 Å². The second kappa shape index (κ2) is 7.36. The predicted molar refractivity (Wildman–Crippen MR) is 94.8 cm³/mol. The minimum Gasteiger partial charge on any atom is -0.508 e. The van der Waals surface area contributed by atoms with Crippen molar-refractivity contribution in [2.45, 2.75) is 18.9 Å². The second-order valence-electron chi connectivity index (χ2n) is 6.85. The van der Waals surface area contributed by atoms with Crippen LogP contribution in [0.2, 0.25) is 0 Å². The van der Waals surface area contributed by atoms with Crippen molar-refractivity contribution in [1.82, 2.24) is 4.90 Å². The molecule has 0 bridgehead atoms. The Hall–Kier alpha value is -2.93. The maximum absolute atomic E-state index is 13.5. The number of likely N-dealkylation sites (tertiary alicyclic amines) is 1. The summed E-state index contributed by atoms with van der Waals surface area (Å²) in [4.78, 5) is 26.2. The normalized spacial score (nSPS) is 22.4. The van der Waals surface area contributed by atoms with E-state index >= 15 is 0 Å². The largest absolute Gasteiger partial charge is 0.508 e. The third kappa shape index (κ3) is 3.78. The van der Waals surface area contributed by atoms with Gasteiger partial charge in [-0.3, -0.25) is 9.59 Å². The maximum atomic E-state index is 13.5. The molecular formula is C20H20FNO5. The van der Waals surface area contributed by atoms with E-state index in [1.807, 2.05) is 0 Å². The Morgan fingerprint density at radius 2 is 1.93 bits per heavy atom. The summed E-state index contributed by atoms with van der Waals surface area (Å²) in [6, 6.07) is 11.4. The van der Waals surface area contributed by atoms with Crippen molar-refractivity contribution >= 4 is 11.9 Å². The lowest BCUT2D eigenvalue weighted by Gasteiger charge is -2.43. The fourth-order valence-corrected chi connectivity index (χ4v) is 3.54. The number of aromatic hydroxyl groups is 1. The summed E-state index contributed by atoms with van der Waals surface area (Å²) in [5.74, 6) is -2.23. The smallest absolute Gasteiger partial charge is 0.314 e. The SMILES string of the molecule is O=C(c1cccc(O)c1)N1CC[C@@H](O)[C@](Cc2cccc(F)c2)(C(=O)O)C1. The number of rotatable bonds is 4. The molecule has 27 heavy (non-hydrogen) atoms. The van der Waals surface area contributed by atoms with Crippen molar-refractivity contribution in [3.63, 3.8) is 0 Å². The molecule has 0 unspecified atom stereocenters. The lowest BCUT2D eigenvalue weighted by atomic mass is 9.72. The number of hydrogen-bond acceptors (Lipinski definition) is 4. The Morgan fingerprint density at radius 1 is 1.19 bits per heavy atom. The Balaban J connectivity index is 1.91. The van der Waals surface area contributed by atoms with Crippen LogP contribution in [0.15, 0.2) is 48.5 Å². The van der Waals surface area contributed by atoms with Gasteiger partial charge < -0.3 is 20.2 Å². The highest BCUT2D eigenvalue weighted by atomic mass is 19.1. The molecule has 3 rings (SSSR count). The standard InChI is InChI=1S/C20H20FNO5/c21-15-5-1-3-13(9-15)11-20(19(26)27)12-22(8-7-17(20)24)18(25)14-4-2-6-16(23)10-14/h1-6,9-10,17,23-24H,7-8,11-12H2,(H,26,27)/t17-,20-/m1/s1. The molecular weight excluding hydrogens is 353 g/mol. The zero-order valence-corrected chi connectivity index (χ0v) is 14.5. The first-order valence-electron chi connectivity index (χ1n) is 8.56. The number of halogens is 1. The molecule has 1 heterocycles. The van der Waals surface area contributed by atoms with Crippen LogP contribution in [0, 0.1) is 11.2 Å². The van der Waals surface area contributed by atoms with Crippen molar-refractivity contribution in [3.05, 3.63) is 65.5 Å². The van der Waals surface area contributed by atoms with E-state index in [1.165, 1.54) is 47.4 Å². The highest BCUT2D eigenvalue weighted by molar-refractivity contribution is 5.95. The first-order chi connectivity index (χ1) is 12.8. The molecule has 0 aromatic heterocycles. The summed E-state index contributed by atoms with van der Waals surface area (Å²) in [5, 5.41) is 29.9. The van der Waals surface area contributed by atoms with Gasteiger partial charge in [0.05, 0.1) is 6.10 Å². The van der Waals surface area contributed by atoms with E-state index in [4.69, 9.17) is 0 Å². The Labute approximate surface area is 155 Å². The number of phenolic OH excluding ortho intramolecular Hbond substituents is 1. The molecule has 2 aromatic carbocycles. The number of benzene rings is 2. The molecule has 1 saturated heterocycles. The summed E-state index contributed by atoms with van der Waals surface area (Å²) in [7, 11) is 0. The summed E-state index contributed by atoms with van der Waals surface area (Å²) >= 11 is 0. The lowest BCUT2D eigenvalue weighted by molar-refractivity contribution is -0.161. The number of nitrogens with zero attached hydrogens (tertiary/aromatic N) is 1. The number of hydrogen-bond donors (Lipinski definition) is 3. The Bertz CT molecular complexity index is 871.